The van der Waals surface area contributed by atoms with Crippen molar-refractivity contribution in [2.45, 2.75) is 59.2 Å². The van der Waals surface area contributed by atoms with E-state index in [4.69, 9.17) is 14.4 Å². The van der Waals surface area contributed by atoms with Crippen molar-refractivity contribution in [3.8, 4) is 28.7 Å². The fourth-order valence-corrected chi connectivity index (χ4v) is 6.76. The molecule has 248 valence electrons. The molecule has 1 aliphatic heterocycles. The van der Waals surface area contributed by atoms with E-state index in [1.807, 2.05) is 43.5 Å². The Balaban J connectivity index is 1.18. The van der Waals surface area contributed by atoms with E-state index in [2.05, 4.69) is 70.8 Å². The van der Waals surface area contributed by atoms with Gasteiger partial charge in [-0.15, -0.1) is 0 Å². The standard InChI is InChI=1S/C40H41N7O2/c1-25(24-48)43-21-29-18-30-13-14-42-39(37(30)44-22-29)45-35-12-8-10-33(27(35)3)32-9-7-11-34(26(32)2)40-46-36-19-28(17-31(20-41)38(36)49-40)23-47-15-5-4-6-16-47/h7-14,17-19,22,25,43,48H,4-6,15-16,21,23-24H2,1-3H3,(H,42,45)/t25-/m0/s1. The number of nitrogens with one attached hydrogen (secondary N) is 2. The normalized spacial score (nSPS) is 14.3. The Morgan fingerprint density at radius 2 is 1.71 bits per heavy atom. The van der Waals surface area contributed by atoms with E-state index in [1.165, 1.54) is 19.3 Å². The lowest BCUT2D eigenvalue weighted by molar-refractivity contribution is 0.221. The smallest absolute Gasteiger partial charge is 0.227 e. The summed E-state index contributed by atoms with van der Waals surface area (Å²) in [6, 6.07) is 22.9. The summed E-state index contributed by atoms with van der Waals surface area (Å²) in [5.41, 5.74) is 10.8. The minimum absolute atomic E-state index is 0.0127. The molecule has 0 radical (unpaired) electrons. The molecule has 0 spiro atoms. The van der Waals surface area contributed by atoms with Crippen LogP contribution in [-0.2, 0) is 13.1 Å². The lowest BCUT2D eigenvalue weighted by atomic mass is 9.93. The first-order valence-corrected chi connectivity index (χ1v) is 17.0. The second-order valence-corrected chi connectivity index (χ2v) is 13.1. The maximum atomic E-state index is 10.00. The molecule has 0 bridgehead atoms. The van der Waals surface area contributed by atoms with Crippen LogP contribution < -0.4 is 10.6 Å². The van der Waals surface area contributed by atoms with E-state index < -0.39 is 0 Å². The highest BCUT2D eigenvalue weighted by molar-refractivity contribution is 5.91. The molecule has 0 amide bonds. The number of rotatable bonds is 10. The van der Waals surface area contributed by atoms with Gasteiger partial charge in [-0.1, -0.05) is 30.7 Å². The maximum absolute atomic E-state index is 10.00. The van der Waals surface area contributed by atoms with Gasteiger partial charge in [0.05, 0.1) is 12.2 Å². The molecule has 9 heteroatoms. The molecular formula is C40H41N7O2. The number of aliphatic hydroxyl groups excluding tert-OH is 1. The predicted molar refractivity (Wildman–Crippen MR) is 194 cm³/mol. The number of piperidine rings is 1. The Kier molecular flexibility index (Phi) is 9.36. The molecule has 0 saturated carbocycles. The molecule has 0 aliphatic carbocycles. The van der Waals surface area contributed by atoms with Crippen LogP contribution in [0.1, 0.15) is 54.0 Å². The zero-order chi connectivity index (χ0) is 33.9. The number of nitriles is 1. The van der Waals surface area contributed by atoms with Crippen molar-refractivity contribution in [1.82, 2.24) is 25.2 Å². The van der Waals surface area contributed by atoms with E-state index in [0.29, 0.717) is 34.9 Å². The summed E-state index contributed by atoms with van der Waals surface area (Å²) < 4.78 is 6.32. The summed E-state index contributed by atoms with van der Waals surface area (Å²) >= 11 is 0. The van der Waals surface area contributed by atoms with Crippen LogP contribution in [-0.4, -0.2) is 50.7 Å². The first-order valence-electron chi connectivity index (χ1n) is 17.0. The molecule has 1 aliphatic rings. The molecule has 7 rings (SSSR count). The number of pyridine rings is 2. The Morgan fingerprint density at radius 1 is 0.939 bits per heavy atom. The number of aliphatic hydroxyl groups is 1. The number of benzene rings is 3. The molecule has 1 saturated heterocycles. The lowest BCUT2D eigenvalue weighted by Gasteiger charge is -2.26. The molecule has 9 nitrogen and oxygen atoms in total. The van der Waals surface area contributed by atoms with E-state index in [1.54, 1.807) is 6.20 Å². The molecule has 3 aromatic carbocycles. The van der Waals surface area contributed by atoms with Crippen molar-refractivity contribution in [2.75, 3.05) is 25.0 Å². The molecule has 0 unspecified atom stereocenters. The van der Waals surface area contributed by atoms with E-state index >= 15 is 0 Å². The summed E-state index contributed by atoms with van der Waals surface area (Å²) in [6.45, 7) is 9.85. The van der Waals surface area contributed by atoms with Gasteiger partial charge >= 0.3 is 0 Å². The van der Waals surface area contributed by atoms with Crippen molar-refractivity contribution < 1.29 is 9.52 Å². The fourth-order valence-electron chi connectivity index (χ4n) is 6.76. The van der Waals surface area contributed by atoms with Gasteiger partial charge in [0.25, 0.3) is 0 Å². The molecular weight excluding hydrogens is 610 g/mol. The number of anilines is 2. The monoisotopic (exact) mass is 651 g/mol. The average Bonchev–Trinajstić information content (AvgIpc) is 3.56. The van der Waals surface area contributed by atoms with Gasteiger partial charge in [0.1, 0.15) is 17.1 Å². The fraction of sp³-hybridized carbons (Fsp3) is 0.300. The molecule has 4 heterocycles. The molecule has 49 heavy (non-hydrogen) atoms. The number of aromatic nitrogens is 3. The third-order valence-electron chi connectivity index (χ3n) is 9.55. The molecule has 1 atom stereocenters. The van der Waals surface area contributed by atoms with Crippen LogP contribution in [0.2, 0.25) is 0 Å². The molecule has 6 aromatic rings. The van der Waals surface area contributed by atoms with Crippen LogP contribution in [0, 0.1) is 25.2 Å². The Morgan fingerprint density at radius 3 is 2.51 bits per heavy atom. The zero-order valence-corrected chi connectivity index (χ0v) is 28.3. The minimum atomic E-state index is 0.0127. The minimum Gasteiger partial charge on any atom is -0.435 e. The summed E-state index contributed by atoms with van der Waals surface area (Å²) in [6.07, 6.45) is 7.37. The topological polar surface area (TPSA) is 123 Å². The maximum Gasteiger partial charge on any atom is 0.227 e. The number of hydrogen-bond donors (Lipinski definition) is 3. The molecule has 3 N–H and O–H groups in total. The highest BCUT2D eigenvalue weighted by atomic mass is 16.3. The van der Waals surface area contributed by atoms with Crippen LogP contribution in [0.3, 0.4) is 0 Å². The second kappa shape index (κ2) is 14.1. The van der Waals surface area contributed by atoms with Gasteiger partial charge in [-0.25, -0.2) is 9.97 Å². The zero-order valence-electron chi connectivity index (χ0n) is 28.3. The van der Waals surface area contributed by atoms with Gasteiger partial charge < -0.3 is 20.2 Å². The molecule has 1 fully saturated rings. The van der Waals surface area contributed by atoms with Crippen LogP contribution in [0.15, 0.2) is 77.5 Å². The average molecular weight is 652 g/mol. The number of fused-ring (bicyclic) bond motifs is 2. The van der Waals surface area contributed by atoms with Gasteiger partial charge in [-0.2, -0.15) is 5.26 Å². The van der Waals surface area contributed by atoms with Crippen LogP contribution >= 0.6 is 0 Å². The Hall–Kier alpha value is -5.14. The van der Waals surface area contributed by atoms with Crippen molar-refractivity contribution in [3.05, 3.63) is 101 Å². The summed E-state index contributed by atoms with van der Waals surface area (Å²) in [4.78, 5) is 16.8. The van der Waals surface area contributed by atoms with Crippen molar-refractivity contribution in [1.29, 1.82) is 5.26 Å². The van der Waals surface area contributed by atoms with Crippen molar-refractivity contribution >= 4 is 33.5 Å². The van der Waals surface area contributed by atoms with Crippen LogP contribution in [0.5, 0.6) is 0 Å². The van der Waals surface area contributed by atoms with E-state index in [9.17, 15) is 10.4 Å². The highest BCUT2D eigenvalue weighted by Gasteiger charge is 2.19. The third kappa shape index (κ3) is 6.76. The third-order valence-corrected chi connectivity index (χ3v) is 9.55. The number of hydrogen-bond acceptors (Lipinski definition) is 9. The number of nitrogens with zero attached hydrogens (tertiary/aromatic N) is 5. The van der Waals surface area contributed by atoms with Crippen molar-refractivity contribution in [3.63, 3.8) is 0 Å². The van der Waals surface area contributed by atoms with Gasteiger partial charge in [0.15, 0.2) is 11.4 Å². The summed E-state index contributed by atoms with van der Waals surface area (Å²) in [7, 11) is 0. The number of likely N-dealkylation sites (tertiary alicyclic amines) is 1. The van der Waals surface area contributed by atoms with Crippen LogP contribution in [0.4, 0.5) is 11.5 Å². The first-order chi connectivity index (χ1) is 23.9. The molecule has 3 aromatic heterocycles. The summed E-state index contributed by atoms with van der Waals surface area (Å²) in [5.74, 6) is 1.20. The second-order valence-electron chi connectivity index (χ2n) is 13.1. The highest BCUT2D eigenvalue weighted by Crippen LogP contribution is 2.37. The first kappa shape index (κ1) is 32.4. The van der Waals surface area contributed by atoms with E-state index in [-0.39, 0.29) is 12.6 Å². The van der Waals surface area contributed by atoms with Gasteiger partial charge in [-0.05, 0) is 116 Å². The Bertz CT molecular complexity index is 2180. The van der Waals surface area contributed by atoms with Gasteiger partial charge in [-0.3, -0.25) is 9.88 Å². The van der Waals surface area contributed by atoms with Gasteiger partial charge in [0.2, 0.25) is 5.89 Å². The number of oxazole rings is 1. The van der Waals surface area contributed by atoms with Gasteiger partial charge in [0, 0.05) is 48.2 Å². The van der Waals surface area contributed by atoms with Crippen LogP contribution in [0.25, 0.3) is 44.6 Å². The Labute approximate surface area is 286 Å². The largest absolute Gasteiger partial charge is 0.435 e. The summed E-state index contributed by atoms with van der Waals surface area (Å²) in [5, 5.41) is 27.2. The van der Waals surface area contributed by atoms with Crippen molar-refractivity contribution in [2.24, 2.45) is 0 Å². The quantitative estimate of drug-likeness (QED) is 0.136. The SMILES string of the molecule is Cc1c(Nc2nccc3cc(CN[C@@H](C)CO)cnc23)cccc1-c1cccc(-c2nc3cc(CN4CCCCC4)cc(C#N)c3o2)c1C. The lowest BCUT2D eigenvalue weighted by Crippen LogP contribution is -2.29. The predicted octanol–water partition coefficient (Wildman–Crippen LogP) is 7.79. The van der Waals surface area contributed by atoms with E-state index in [0.717, 1.165) is 75.2 Å².